The Labute approximate surface area is 102 Å². The minimum atomic E-state index is -1.06. The molecule has 0 bridgehead atoms. The van der Waals surface area contributed by atoms with Gasteiger partial charge < -0.3 is 9.84 Å². The molecule has 0 radical (unpaired) electrons. The van der Waals surface area contributed by atoms with Crippen LogP contribution in [-0.4, -0.2) is 27.1 Å². The highest BCUT2D eigenvalue weighted by Crippen LogP contribution is 2.18. The van der Waals surface area contributed by atoms with Crippen LogP contribution in [0, 0.1) is 0 Å². The minimum Gasteiger partial charge on any atom is -0.479 e. The lowest BCUT2D eigenvalue weighted by Gasteiger charge is -2.09. The van der Waals surface area contributed by atoms with Crippen molar-refractivity contribution in [3.05, 3.63) is 29.4 Å². The van der Waals surface area contributed by atoms with Crippen molar-refractivity contribution in [2.24, 2.45) is 0 Å². The van der Waals surface area contributed by atoms with Crippen molar-refractivity contribution in [3.63, 3.8) is 0 Å². The summed E-state index contributed by atoms with van der Waals surface area (Å²) in [6.07, 6.45) is 0.413. The van der Waals surface area contributed by atoms with Gasteiger partial charge in [-0.1, -0.05) is 11.6 Å². The molecule has 0 amide bonds. The van der Waals surface area contributed by atoms with E-state index in [9.17, 15) is 4.79 Å². The van der Waals surface area contributed by atoms with Gasteiger partial charge in [0.2, 0.25) is 5.88 Å². The third kappa shape index (κ3) is 2.62. The molecule has 2 rings (SSSR count). The summed E-state index contributed by atoms with van der Waals surface area (Å²) in [6.45, 7) is 1.42. The molecule has 0 aliphatic carbocycles. The molecular weight excluding hydrogens is 244 g/mol. The molecule has 0 aliphatic rings. The molecule has 1 N–H and O–H groups in total. The van der Waals surface area contributed by atoms with Crippen LogP contribution in [0.2, 0.25) is 5.02 Å². The number of fused-ring (bicyclic) bond motifs is 1. The summed E-state index contributed by atoms with van der Waals surface area (Å²) in [5.74, 6) is -0.896. The first kappa shape index (κ1) is 11.6. The number of ether oxygens (including phenoxy) is 1. The largest absolute Gasteiger partial charge is 0.479 e. The van der Waals surface area contributed by atoms with Crippen LogP contribution in [-0.2, 0) is 4.79 Å². The first-order valence-electron chi connectivity index (χ1n) is 4.88. The molecule has 0 unspecified atom stereocenters. The fraction of sp³-hybridized carbons (Fsp3) is 0.182. The van der Waals surface area contributed by atoms with Gasteiger partial charge in [0, 0.05) is 5.02 Å². The lowest BCUT2D eigenvalue weighted by Crippen LogP contribution is -2.23. The highest BCUT2D eigenvalue weighted by Gasteiger charge is 2.13. The van der Waals surface area contributed by atoms with Gasteiger partial charge in [0.05, 0.1) is 17.2 Å². The minimum absolute atomic E-state index is 0.162. The summed E-state index contributed by atoms with van der Waals surface area (Å²) in [7, 11) is 0. The molecule has 0 fully saturated rings. The van der Waals surface area contributed by atoms with Crippen LogP contribution in [0.5, 0.6) is 5.88 Å². The van der Waals surface area contributed by atoms with Crippen LogP contribution >= 0.6 is 11.6 Å². The molecule has 17 heavy (non-hydrogen) atoms. The van der Waals surface area contributed by atoms with Crippen molar-refractivity contribution in [3.8, 4) is 5.88 Å². The second-order valence-electron chi connectivity index (χ2n) is 3.44. The molecule has 1 atom stereocenters. The molecule has 1 aromatic carbocycles. The molecular formula is C11H9ClN2O3. The average Bonchev–Trinajstić information content (AvgIpc) is 2.28. The predicted octanol–water partition coefficient (Wildman–Crippen LogP) is 2.14. The number of hydrogen-bond acceptors (Lipinski definition) is 4. The number of aromatic nitrogens is 2. The fourth-order valence-corrected chi connectivity index (χ4v) is 1.42. The Bertz CT molecular complexity index is 574. The number of carboxylic acids is 1. The molecule has 0 aliphatic heterocycles. The van der Waals surface area contributed by atoms with E-state index in [0.29, 0.717) is 16.1 Å². The van der Waals surface area contributed by atoms with Gasteiger partial charge in [-0.05, 0) is 25.1 Å². The standard InChI is InChI=1S/C11H9ClN2O3/c1-6(11(15)16)17-10-5-13-8-3-2-7(12)4-9(8)14-10/h2-6H,1H3,(H,15,16)/t6-/m0/s1. The third-order valence-electron chi connectivity index (χ3n) is 2.13. The van der Waals surface area contributed by atoms with Gasteiger partial charge in [-0.3, -0.25) is 0 Å². The van der Waals surface area contributed by atoms with Crippen molar-refractivity contribution < 1.29 is 14.6 Å². The smallest absolute Gasteiger partial charge is 0.344 e. The molecule has 0 saturated heterocycles. The highest BCUT2D eigenvalue weighted by atomic mass is 35.5. The maximum atomic E-state index is 10.6. The van der Waals surface area contributed by atoms with E-state index in [2.05, 4.69) is 9.97 Å². The van der Waals surface area contributed by atoms with Gasteiger partial charge in [-0.2, -0.15) is 0 Å². The zero-order valence-electron chi connectivity index (χ0n) is 8.92. The van der Waals surface area contributed by atoms with E-state index in [1.165, 1.54) is 13.1 Å². The van der Waals surface area contributed by atoms with E-state index in [1.54, 1.807) is 18.2 Å². The Morgan fingerprint density at radius 1 is 1.47 bits per heavy atom. The Kier molecular flexibility index (Phi) is 3.10. The highest BCUT2D eigenvalue weighted by molar-refractivity contribution is 6.31. The van der Waals surface area contributed by atoms with Crippen LogP contribution < -0.4 is 4.74 Å². The molecule has 0 saturated carbocycles. The van der Waals surface area contributed by atoms with Gasteiger partial charge in [0.25, 0.3) is 0 Å². The second-order valence-corrected chi connectivity index (χ2v) is 3.88. The maximum Gasteiger partial charge on any atom is 0.344 e. The van der Waals surface area contributed by atoms with Crippen LogP contribution in [0.3, 0.4) is 0 Å². The molecule has 1 aromatic heterocycles. The number of benzene rings is 1. The number of halogens is 1. The number of aliphatic carboxylic acids is 1. The van der Waals surface area contributed by atoms with E-state index in [4.69, 9.17) is 21.4 Å². The Balaban J connectivity index is 2.33. The van der Waals surface area contributed by atoms with E-state index in [1.807, 2.05) is 0 Å². The molecule has 88 valence electrons. The van der Waals surface area contributed by atoms with Crippen LogP contribution in [0.25, 0.3) is 11.0 Å². The molecule has 2 aromatic rings. The summed E-state index contributed by atoms with van der Waals surface area (Å²) in [4.78, 5) is 18.8. The summed E-state index contributed by atoms with van der Waals surface area (Å²) < 4.78 is 5.11. The zero-order valence-corrected chi connectivity index (χ0v) is 9.68. The summed E-state index contributed by atoms with van der Waals surface area (Å²) >= 11 is 5.82. The van der Waals surface area contributed by atoms with Crippen molar-refractivity contribution in [1.29, 1.82) is 0 Å². The maximum absolute atomic E-state index is 10.6. The van der Waals surface area contributed by atoms with Crippen molar-refractivity contribution in [2.45, 2.75) is 13.0 Å². The topological polar surface area (TPSA) is 72.3 Å². The quantitative estimate of drug-likeness (QED) is 0.906. The van der Waals surface area contributed by atoms with Gasteiger partial charge in [-0.15, -0.1) is 0 Å². The Morgan fingerprint density at radius 3 is 2.94 bits per heavy atom. The lowest BCUT2D eigenvalue weighted by molar-refractivity contribution is -0.144. The SMILES string of the molecule is C[C@H](Oc1cnc2ccc(Cl)cc2n1)C(=O)O. The average molecular weight is 253 g/mol. The molecule has 5 nitrogen and oxygen atoms in total. The van der Waals surface area contributed by atoms with Gasteiger partial charge in [0.15, 0.2) is 6.10 Å². The number of nitrogens with zero attached hydrogens (tertiary/aromatic N) is 2. The Morgan fingerprint density at radius 2 is 2.24 bits per heavy atom. The number of rotatable bonds is 3. The number of carbonyl (C=O) groups is 1. The lowest BCUT2D eigenvalue weighted by atomic mass is 10.3. The van der Waals surface area contributed by atoms with Crippen molar-refractivity contribution >= 4 is 28.6 Å². The van der Waals surface area contributed by atoms with Gasteiger partial charge >= 0.3 is 5.97 Å². The summed E-state index contributed by atoms with van der Waals surface area (Å²) in [5, 5.41) is 9.24. The molecule has 1 heterocycles. The number of hydrogen-bond donors (Lipinski definition) is 1. The van der Waals surface area contributed by atoms with Gasteiger partial charge in [-0.25, -0.2) is 14.8 Å². The first-order chi connectivity index (χ1) is 8.06. The predicted molar refractivity (Wildman–Crippen MR) is 62.3 cm³/mol. The van der Waals surface area contributed by atoms with Crippen molar-refractivity contribution in [1.82, 2.24) is 9.97 Å². The van der Waals surface area contributed by atoms with Crippen LogP contribution in [0.4, 0.5) is 0 Å². The van der Waals surface area contributed by atoms with E-state index < -0.39 is 12.1 Å². The fourth-order valence-electron chi connectivity index (χ4n) is 1.26. The molecule has 6 heteroatoms. The Hall–Kier alpha value is -1.88. The second kappa shape index (κ2) is 4.55. The summed E-state index contributed by atoms with van der Waals surface area (Å²) in [5.41, 5.74) is 1.23. The number of carboxylic acid groups (broad SMARTS) is 1. The summed E-state index contributed by atoms with van der Waals surface area (Å²) in [6, 6.07) is 5.08. The van der Waals surface area contributed by atoms with Gasteiger partial charge in [0.1, 0.15) is 0 Å². The van der Waals surface area contributed by atoms with E-state index in [0.717, 1.165) is 0 Å². The zero-order chi connectivity index (χ0) is 12.4. The van der Waals surface area contributed by atoms with Crippen LogP contribution in [0.15, 0.2) is 24.4 Å². The first-order valence-corrected chi connectivity index (χ1v) is 5.26. The monoisotopic (exact) mass is 252 g/mol. The molecule has 0 spiro atoms. The van der Waals surface area contributed by atoms with E-state index in [-0.39, 0.29) is 5.88 Å². The van der Waals surface area contributed by atoms with E-state index >= 15 is 0 Å². The van der Waals surface area contributed by atoms with Crippen molar-refractivity contribution in [2.75, 3.05) is 0 Å². The third-order valence-corrected chi connectivity index (χ3v) is 2.36. The normalized spacial score (nSPS) is 12.4. The van der Waals surface area contributed by atoms with Crippen LogP contribution in [0.1, 0.15) is 6.92 Å².